The SMILES string of the molecule is Cc1cc(Nc2ncn(-c3cc(F)cc(F)c3)n2)cc(OC2CCCOC2)c1. The van der Waals surface area contributed by atoms with Crippen LogP contribution >= 0.6 is 0 Å². The number of nitrogens with zero attached hydrogens (tertiary/aromatic N) is 3. The van der Waals surface area contributed by atoms with E-state index in [0.717, 1.165) is 42.5 Å². The molecule has 1 atom stereocenters. The molecule has 6 nitrogen and oxygen atoms in total. The highest BCUT2D eigenvalue weighted by atomic mass is 19.1. The maximum Gasteiger partial charge on any atom is 0.246 e. The van der Waals surface area contributed by atoms with Crippen LogP contribution in [0.5, 0.6) is 5.75 Å². The van der Waals surface area contributed by atoms with Crippen molar-refractivity contribution >= 4 is 11.6 Å². The molecule has 0 radical (unpaired) electrons. The maximum absolute atomic E-state index is 13.4. The zero-order valence-corrected chi connectivity index (χ0v) is 15.4. The molecule has 1 aliphatic heterocycles. The van der Waals surface area contributed by atoms with E-state index in [9.17, 15) is 8.78 Å². The lowest BCUT2D eigenvalue weighted by molar-refractivity contribution is 0.00744. The summed E-state index contributed by atoms with van der Waals surface area (Å²) < 4.78 is 39.6. The number of halogens is 2. The van der Waals surface area contributed by atoms with E-state index in [2.05, 4.69) is 15.4 Å². The molecular formula is C20H20F2N4O2. The number of rotatable bonds is 5. The van der Waals surface area contributed by atoms with Gasteiger partial charge in [-0.2, -0.15) is 4.98 Å². The van der Waals surface area contributed by atoms with Gasteiger partial charge in [-0.1, -0.05) is 0 Å². The van der Waals surface area contributed by atoms with Crippen molar-refractivity contribution in [1.82, 2.24) is 14.8 Å². The molecular weight excluding hydrogens is 366 g/mol. The number of aromatic nitrogens is 3. The molecule has 146 valence electrons. The third-order valence-corrected chi connectivity index (χ3v) is 4.33. The van der Waals surface area contributed by atoms with Gasteiger partial charge in [0.05, 0.1) is 12.3 Å². The zero-order valence-electron chi connectivity index (χ0n) is 15.4. The monoisotopic (exact) mass is 386 g/mol. The van der Waals surface area contributed by atoms with Crippen LogP contribution in [0.2, 0.25) is 0 Å². The van der Waals surface area contributed by atoms with Crippen LogP contribution in [0.1, 0.15) is 18.4 Å². The van der Waals surface area contributed by atoms with Crippen molar-refractivity contribution in [1.29, 1.82) is 0 Å². The predicted octanol–water partition coefficient (Wildman–Crippen LogP) is 4.16. The summed E-state index contributed by atoms with van der Waals surface area (Å²) in [5, 5.41) is 7.33. The Morgan fingerprint density at radius 2 is 1.96 bits per heavy atom. The highest BCUT2D eigenvalue weighted by molar-refractivity contribution is 5.57. The van der Waals surface area contributed by atoms with E-state index in [1.807, 2.05) is 25.1 Å². The van der Waals surface area contributed by atoms with Crippen molar-refractivity contribution in [3.05, 3.63) is 59.9 Å². The van der Waals surface area contributed by atoms with Gasteiger partial charge in [0, 0.05) is 24.4 Å². The van der Waals surface area contributed by atoms with Gasteiger partial charge in [0.25, 0.3) is 0 Å². The van der Waals surface area contributed by atoms with Crippen LogP contribution in [0.4, 0.5) is 20.4 Å². The standard InChI is InChI=1S/C20H20F2N4O2/c1-13-5-16(10-19(6-13)28-18-3-2-4-27-11-18)24-20-23-12-26(25-20)17-8-14(21)7-15(22)9-17/h5-10,12,18H,2-4,11H2,1H3,(H,24,25). The predicted molar refractivity (Wildman–Crippen MR) is 100 cm³/mol. The molecule has 1 aliphatic rings. The average Bonchev–Trinajstić information content (AvgIpc) is 3.10. The van der Waals surface area contributed by atoms with E-state index in [1.165, 1.54) is 23.1 Å². The Bertz CT molecular complexity index is 950. The second kappa shape index (κ2) is 7.93. The van der Waals surface area contributed by atoms with Gasteiger partial charge in [-0.25, -0.2) is 13.5 Å². The quantitative estimate of drug-likeness (QED) is 0.714. The summed E-state index contributed by atoms with van der Waals surface area (Å²) >= 11 is 0. The number of anilines is 2. The van der Waals surface area contributed by atoms with Gasteiger partial charge in [0.1, 0.15) is 29.8 Å². The van der Waals surface area contributed by atoms with Crippen molar-refractivity contribution in [2.24, 2.45) is 0 Å². The Labute approximate surface area is 161 Å². The number of hydrogen-bond acceptors (Lipinski definition) is 5. The molecule has 1 N–H and O–H groups in total. The van der Waals surface area contributed by atoms with Crippen molar-refractivity contribution in [3.8, 4) is 11.4 Å². The minimum Gasteiger partial charge on any atom is -0.488 e. The summed E-state index contributed by atoms with van der Waals surface area (Å²) in [6, 6.07) is 8.95. The number of hydrogen-bond donors (Lipinski definition) is 1. The molecule has 0 spiro atoms. The molecule has 3 aromatic rings. The highest BCUT2D eigenvalue weighted by Crippen LogP contribution is 2.25. The van der Waals surface area contributed by atoms with E-state index >= 15 is 0 Å². The Morgan fingerprint density at radius 1 is 1.14 bits per heavy atom. The Kier molecular flexibility index (Phi) is 5.21. The molecule has 1 aromatic heterocycles. The molecule has 0 amide bonds. The summed E-state index contributed by atoms with van der Waals surface area (Å²) in [6.07, 6.45) is 3.39. The molecule has 28 heavy (non-hydrogen) atoms. The number of aryl methyl sites for hydroxylation is 1. The fourth-order valence-electron chi connectivity index (χ4n) is 3.13. The first-order chi connectivity index (χ1) is 13.5. The summed E-state index contributed by atoms with van der Waals surface area (Å²) in [5.41, 5.74) is 2.03. The molecule has 8 heteroatoms. The Morgan fingerprint density at radius 3 is 2.71 bits per heavy atom. The molecule has 2 aromatic carbocycles. The van der Waals surface area contributed by atoms with E-state index < -0.39 is 11.6 Å². The number of ether oxygens (including phenoxy) is 2. The van der Waals surface area contributed by atoms with Crippen LogP contribution in [0.15, 0.2) is 42.7 Å². The maximum atomic E-state index is 13.4. The third kappa shape index (κ3) is 4.45. The van der Waals surface area contributed by atoms with Crippen LogP contribution in [-0.2, 0) is 4.74 Å². The zero-order chi connectivity index (χ0) is 19.5. The summed E-state index contributed by atoms with van der Waals surface area (Å²) in [5.74, 6) is -0.300. The largest absolute Gasteiger partial charge is 0.488 e. The lowest BCUT2D eigenvalue weighted by Crippen LogP contribution is -2.28. The molecule has 4 rings (SSSR count). The first kappa shape index (κ1) is 18.4. The smallest absolute Gasteiger partial charge is 0.246 e. The number of nitrogens with one attached hydrogen (secondary N) is 1. The van der Waals surface area contributed by atoms with Crippen molar-refractivity contribution in [3.63, 3.8) is 0 Å². The lowest BCUT2D eigenvalue weighted by Gasteiger charge is -2.23. The van der Waals surface area contributed by atoms with Crippen molar-refractivity contribution in [2.45, 2.75) is 25.9 Å². The topological polar surface area (TPSA) is 61.2 Å². The average molecular weight is 386 g/mol. The minimum atomic E-state index is -0.674. The van der Waals surface area contributed by atoms with Crippen LogP contribution in [0.25, 0.3) is 5.69 Å². The fraction of sp³-hybridized carbons (Fsp3) is 0.300. The molecule has 0 saturated carbocycles. The van der Waals surface area contributed by atoms with E-state index in [4.69, 9.17) is 9.47 Å². The van der Waals surface area contributed by atoms with E-state index in [0.29, 0.717) is 12.6 Å². The van der Waals surface area contributed by atoms with Crippen LogP contribution in [0.3, 0.4) is 0 Å². The molecule has 1 unspecified atom stereocenters. The molecule has 0 aliphatic carbocycles. The van der Waals surface area contributed by atoms with E-state index in [-0.39, 0.29) is 11.8 Å². The minimum absolute atomic E-state index is 0.0450. The van der Waals surface area contributed by atoms with Gasteiger partial charge >= 0.3 is 0 Å². The molecule has 1 saturated heterocycles. The second-order valence-electron chi connectivity index (χ2n) is 6.76. The van der Waals surface area contributed by atoms with Crippen LogP contribution in [-0.4, -0.2) is 34.1 Å². The Balaban J connectivity index is 1.50. The second-order valence-corrected chi connectivity index (χ2v) is 6.76. The van der Waals surface area contributed by atoms with Gasteiger partial charge in [-0.05, 0) is 49.6 Å². The number of benzene rings is 2. The normalized spacial score (nSPS) is 16.8. The van der Waals surface area contributed by atoms with Crippen molar-refractivity contribution in [2.75, 3.05) is 18.5 Å². The highest BCUT2D eigenvalue weighted by Gasteiger charge is 2.16. The van der Waals surface area contributed by atoms with Gasteiger partial charge in [0.15, 0.2) is 0 Å². The van der Waals surface area contributed by atoms with Crippen molar-refractivity contribution < 1.29 is 18.3 Å². The third-order valence-electron chi connectivity index (χ3n) is 4.33. The molecule has 2 heterocycles. The van der Waals surface area contributed by atoms with Gasteiger partial charge in [0.2, 0.25) is 5.95 Å². The summed E-state index contributed by atoms with van der Waals surface area (Å²) in [7, 11) is 0. The van der Waals surface area contributed by atoms with E-state index in [1.54, 1.807) is 0 Å². The molecule has 0 bridgehead atoms. The fourth-order valence-corrected chi connectivity index (χ4v) is 3.13. The Hall–Kier alpha value is -3.00. The van der Waals surface area contributed by atoms with Crippen LogP contribution in [0, 0.1) is 18.6 Å². The van der Waals surface area contributed by atoms with Crippen LogP contribution < -0.4 is 10.1 Å². The first-order valence-electron chi connectivity index (χ1n) is 9.06. The van der Waals surface area contributed by atoms with Gasteiger partial charge < -0.3 is 14.8 Å². The van der Waals surface area contributed by atoms with Gasteiger partial charge in [-0.3, -0.25) is 0 Å². The summed E-state index contributed by atoms with van der Waals surface area (Å²) in [6.45, 7) is 3.34. The molecule has 1 fully saturated rings. The lowest BCUT2D eigenvalue weighted by atomic mass is 10.1. The van der Waals surface area contributed by atoms with Gasteiger partial charge in [-0.15, -0.1) is 5.10 Å². The first-order valence-corrected chi connectivity index (χ1v) is 9.06. The summed E-state index contributed by atoms with van der Waals surface area (Å²) in [4.78, 5) is 4.16.